The number of phenolic OH excluding ortho intramolecular Hbond substituents is 1. The molecule has 190 valence electrons. The van der Waals surface area contributed by atoms with Gasteiger partial charge in [-0.1, -0.05) is 32.9 Å². The van der Waals surface area contributed by atoms with Gasteiger partial charge in [0, 0.05) is 11.8 Å². The molecule has 2 nitrogen and oxygen atoms in total. The Kier molecular flexibility index (Phi) is 7.18. The molecule has 0 unspecified atom stereocenters. The summed E-state index contributed by atoms with van der Waals surface area (Å²) in [6.07, 6.45) is -7.17. The third-order valence-electron chi connectivity index (χ3n) is 4.39. The first-order valence-corrected chi connectivity index (χ1v) is 8.64. The molecule has 0 aliphatic heterocycles. The molecule has 0 heterocycles. The van der Waals surface area contributed by atoms with Gasteiger partial charge in [0.25, 0.3) is 0 Å². The van der Waals surface area contributed by atoms with Crippen molar-refractivity contribution in [3.05, 3.63) is 29.3 Å². The lowest BCUT2D eigenvalue weighted by Crippen LogP contribution is -2.70. The second-order valence-corrected chi connectivity index (χ2v) is 7.96. The Hall–Kier alpha value is -2.22. The number of benzene rings is 1. The van der Waals surface area contributed by atoms with E-state index in [1.54, 1.807) is 20.8 Å². The van der Waals surface area contributed by atoms with Gasteiger partial charge in [0.2, 0.25) is 0 Å². The number of alkyl halides is 13. The van der Waals surface area contributed by atoms with E-state index in [1.807, 2.05) is 0 Å². The Balaban J connectivity index is 3.33. The SMILES string of the molecule is CC(C)(C)c1cccc(C=NCC(F)(F)C(F)(F)C(F)(F)C(F)(F)C(F)(F)C(F)(F)F)c1O. The second-order valence-electron chi connectivity index (χ2n) is 7.96. The van der Waals surface area contributed by atoms with Gasteiger partial charge in [-0.15, -0.1) is 0 Å². The predicted molar refractivity (Wildman–Crippen MR) is 90.1 cm³/mol. The molecule has 0 aliphatic rings. The van der Waals surface area contributed by atoms with E-state index in [0.29, 0.717) is 0 Å². The monoisotopic (exact) mass is 509 g/mol. The van der Waals surface area contributed by atoms with Gasteiger partial charge in [-0.05, 0) is 17.0 Å². The van der Waals surface area contributed by atoms with E-state index in [2.05, 4.69) is 4.99 Å². The number of hydrogen-bond acceptors (Lipinski definition) is 2. The van der Waals surface area contributed by atoms with Gasteiger partial charge >= 0.3 is 35.8 Å². The van der Waals surface area contributed by atoms with Crippen LogP contribution in [0.1, 0.15) is 31.9 Å². The largest absolute Gasteiger partial charge is 0.507 e. The number of phenols is 1. The molecule has 0 aromatic heterocycles. The molecular formula is C18H16F13NO. The fourth-order valence-electron chi connectivity index (χ4n) is 2.43. The number of aliphatic imine (C=N–C) groups is 1. The molecule has 0 aliphatic carbocycles. The molecule has 0 saturated carbocycles. The zero-order valence-corrected chi connectivity index (χ0v) is 16.8. The molecule has 1 N–H and O–H groups in total. The van der Waals surface area contributed by atoms with Crippen LogP contribution in [0, 0.1) is 0 Å². The van der Waals surface area contributed by atoms with Crippen molar-refractivity contribution in [3.8, 4) is 5.75 Å². The van der Waals surface area contributed by atoms with Crippen molar-refractivity contribution in [2.45, 2.75) is 62.0 Å². The molecule has 0 atom stereocenters. The quantitative estimate of drug-likeness (QED) is 0.317. The second kappa shape index (κ2) is 8.22. The van der Waals surface area contributed by atoms with Crippen molar-refractivity contribution in [3.63, 3.8) is 0 Å². The molecule has 1 aromatic rings. The van der Waals surface area contributed by atoms with Gasteiger partial charge in [0.1, 0.15) is 12.3 Å². The summed E-state index contributed by atoms with van der Waals surface area (Å²) in [5.41, 5.74) is -0.895. The van der Waals surface area contributed by atoms with Gasteiger partial charge in [-0.25, -0.2) is 0 Å². The van der Waals surface area contributed by atoms with Gasteiger partial charge < -0.3 is 5.11 Å². The highest BCUT2D eigenvalue weighted by Crippen LogP contribution is 2.60. The summed E-state index contributed by atoms with van der Waals surface area (Å²) in [5.74, 6) is -37.9. The summed E-state index contributed by atoms with van der Waals surface area (Å²) < 4.78 is 170. The number of halogens is 13. The van der Waals surface area contributed by atoms with Gasteiger partial charge in [0.15, 0.2) is 0 Å². The van der Waals surface area contributed by atoms with Crippen LogP contribution in [0.2, 0.25) is 0 Å². The van der Waals surface area contributed by atoms with Crippen LogP contribution in [0.5, 0.6) is 5.75 Å². The Bertz CT molecular complexity index is 882. The summed E-state index contributed by atoms with van der Waals surface area (Å²) in [6.45, 7) is 2.10. The lowest BCUT2D eigenvalue weighted by molar-refractivity contribution is -0.438. The Morgan fingerprint density at radius 1 is 0.727 bits per heavy atom. The molecule has 1 aromatic carbocycles. The van der Waals surface area contributed by atoms with Crippen LogP contribution in [0.4, 0.5) is 57.1 Å². The first-order chi connectivity index (χ1) is 14.4. The number of rotatable bonds is 7. The first-order valence-electron chi connectivity index (χ1n) is 8.64. The topological polar surface area (TPSA) is 32.6 Å². The van der Waals surface area contributed by atoms with E-state index in [1.165, 1.54) is 12.1 Å². The highest BCUT2D eigenvalue weighted by atomic mass is 19.4. The highest BCUT2D eigenvalue weighted by molar-refractivity contribution is 5.84. The van der Waals surface area contributed by atoms with E-state index in [-0.39, 0.29) is 17.3 Å². The number of nitrogens with zero attached hydrogens (tertiary/aromatic N) is 1. The van der Waals surface area contributed by atoms with E-state index >= 15 is 0 Å². The van der Waals surface area contributed by atoms with Crippen molar-refractivity contribution >= 4 is 6.21 Å². The maximum Gasteiger partial charge on any atom is 0.460 e. The molecule has 0 fully saturated rings. The predicted octanol–water partition coefficient (Wildman–Crippen LogP) is 6.85. The van der Waals surface area contributed by atoms with Gasteiger partial charge in [-0.2, -0.15) is 57.1 Å². The maximum absolute atomic E-state index is 13.7. The standard InChI is InChI=1S/C18H16F13NO/c1-12(2,3)10-6-4-5-9(11(10)33)7-32-8-13(19,20)14(21,22)15(23,24)16(25,26)17(27,28)18(29,30)31/h4-7,33H,8H2,1-3H3. The number of aromatic hydroxyl groups is 1. The third kappa shape index (κ3) is 4.72. The molecule has 0 bridgehead atoms. The van der Waals surface area contributed by atoms with Crippen molar-refractivity contribution in [1.29, 1.82) is 0 Å². The van der Waals surface area contributed by atoms with E-state index < -0.39 is 53.5 Å². The minimum absolute atomic E-state index is 0.212. The summed E-state index contributed by atoms with van der Waals surface area (Å²) >= 11 is 0. The van der Waals surface area contributed by atoms with Crippen molar-refractivity contribution in [2.75, 3.05) is 6.54 Å². The van der Waals surface area contributed by atoms with Crippen molar-refractivity contribution < 1.29 is 62.2 Å². The molecule has 0 saturated heterocycles. The average molecular weight is 509 g/mol. The smallest absolute Gasteiger partial charge is 0.460 e. The van der Waals surface area contributed by atoms with E-state index in [4.69, 9.17) is 0 Å². The van der Waals surface area contributed by atoms with E-state index in [0.717, 1.165) is 6.07 Å². The van der Waals surface area contributed by atoms with Crippen LogP contribution >= 0.6 is 0 Å². The number of para-hydroxylation sites is 1. The van der Waals surface area contributed by atoms with E-state index in [9.17, 15) is 62.2 Å². The summed E-state index contributed by atoms with van der Waals surface area (Å²) in [7, 11) is 0. The number of hydrogen-bond donors (Lipinski definition) is 1. The molecule has 1 rings (SSSR count). The zero-order chi connectivity index (χ0) is 26.5. The lowest BCUT2D eigenvalue weighted by Gasteiger charge is -2.39. The lowest BCUT2D eigenvalue weighted by atomic mass is 9.85. The van der Waals surface area contributed by atoms with Crippen LogP contribution in [-0.4, -0.2) is 53.7 Å². The van der Waals surface area contributed by atoms with Crippen LogP contribution in [0.25, 0.3) is 0 Å². The normalized spacial score (nSPS) is 15.4. The minimum Gasteiger partial charge on any atom is -0.507 e. The summed E-state index contributed by atoms with van der Waals surface area (Å²) in [5, 5.41) is 10.1. The molecule has 15 heteroatoms. The molecule has 0 amide bonds. The molecule has 0 spiro atoms. The molecule has 33 heavy (non-hydrogen) atoms. The highest BCUT2D eigenvalue weighted by Gasteiger charge is 2.90. The van der Waals surface area contributed by atoms with Crippen molar-refractivity contribution in [2.24, 2.45) is 4.99 Å². The van der Waals surface area contributed by atoms with Crippen LogP contribution in [0.3, 0.4) is 0 Å². The zero-order valence-electron chi connectivity index (χ0n) is 16.8. The Morgan fingerprint density at radius 2 is 1.18 bits per heavy atom. The van der Waals surface area contributed by atoms with Crippen molar-refractivity contribution in [1.82, 2.24) is 0 Å². The minimum atomic E-state index is -7.95. The van der Waals surface area contributed by atoms with Gasteiger partial charge in [0.05, 0.1) is 0 Å². The van der Waals surface area contributed by atoms with Gasteiger partial charge in [-0.3, -0.25) is 4.99 Å². The molecular weight excluding hydrogens is 493 g/mol. The first kappa shape index (κ1) is 28.8. The molecule has 0 radical (unpaired) electrons. The van der Waals surface area contributed by atoms with Crippen LogP contribution in [0.15, 0.2) is 23.2 Å². The van der Waals surface area contributed by atoms with Crippen LogP contribution < -0.4 is 0 Å². The third-order valence-corrected chi connectivity index (χ3v) is 4.39. The summed E-state index contributed by atoms with van der Waals surface area (Å²) in [6, 6.07) is 3.68. The summed E-state index contributed by atoms with van der Waals surface area (Å²) in [4.78, 5) is 2.67. The average Bonchev–Trinajstić information content (AvgIpc) is 2.60. The fourth-order valence-corrected chi connectivity index (χ4v) is 2.43. The fraction of sp³-hybridized carbons (Fsp3) is 0.611. The Labute approximate surface area is 178 Å². The maximum atomic E-state index is 13.7. The van der Waals surface area contributed by atoms with Crippen LogP contribution in [-0.2, 0) is 5.41 Å². The Morgan fingerprint density at radius 3 is 1.61 bits per heavy atom.